The fourth-order valence-corrected chi connectivity index (χ4v) is 3.09. The maximum Gasteiger partial charge on any atom is 0.124 e. The number of rotatable bonds is 4. The maximum absolute atomic E-state index is 13.3. The predicted molar refractivity (Wildman–Crippen MR) is 86.5 cm³/mol. The zero-order chi connectivity index (χ0) is 15.1. The molecule has 0 atom stereocenters. The molecule has 0 aliphatic carbocycles. The highest BCUT2D eigenvalue weighted by Gasteiger charge is 2.04. The summed E-state index contributed by atoms with van der Waals surface area (Å²) in [6, 6.07) is 12.9. The lowest BCUT2D eigenvalue weighted by molar-refractivity contribution is 0.350. The average Bonchev–Trinajstić information content (AvgIpc) is 2.49. The summed E-state index contributed by atoms with van der Waals surface area (Å²) in [6.07, 6.45) is 0. The van der Waals surface area contributed by atoms with Crippen LogP contribution in [-0.2, 0) is 11.5 Å². The zero-order valence-electron chi connectivity index (χ0n) is 11.9. The Bertz CT molecular complexity index is 670. The first-order chi connectivity index (χ1) is 10.2. The van der Waals surface area contributed by atoms with E-state index in [4.69, 9.17) is 5.11 Å². The van der Waals surface area contributed by atoms with Crippen LogP contribution in [-0.4, -0.2) is 11.7 Å². The number of hydrogen-bond acceptors (Lipinski definition) is 2. The van der Waals surface area contributed by atoms with Crippen molar-refractivity contribution in [2.75, 3.05) is 6.61 Å². The molecule has 0 aliphatic heterocycles. The molecule has 3 heteroatoms. The third-order valence-corrected chi connectivity index (χ3v) is 4.18. The molecule has 0 aliphatic rings. The minimum atomic E-state index is -0.301. The lowest BCUT2D eigenvalue weighted by Gasteiger charge is -2.07. The lowest BCUT2D eigenvalue weighted by atomic mass is 10.1. The Hall–Kier alpha value is -1.76. The summed E-state index contributed by atoms with van der Waals surface area (Å²) in [5.74, 6) is 6.77. The number of thioether (sulfide) groups is 1. The number of aliphatic hydroxyl groups is 1. The second-order valence-corrected chi connectivity index (χ2v) is 5.67. The Kier molecular flexibility index (Phi) is 5.86. The average molecular weight is 300 g/mol. The van der Waals surface area contributed by atoms with E-state index in [0.717, 1.165) is 17.1 Å². The van der Waals surface area contributed by atoms with Crippen molar-refractivity contribution < 1.29 is 9.50 Å². The molecule has 0 bridgehead atoms. The van der Waals surface area contributed by atoms with Gasteiger partial charge in [-0.25, -0.2) is 4.39 Å². The van der Waals surface area contributed by atoms with Crippen LogP contribution in [0, 0.1) is 24.6 Å². The summed E-state index contributed by atoms with van der Waals surface area (Å²) in [4.78, 5) is 0. The SMILES string of the molecule is Cc1ccccc1CSCc1ccc(F)cc1C#CCO. The van der Waals surface area contributed by atoms with E-state index in [1.54, 1.807) is 17.8 Å². The fourth-order valence-electron chi connectivity index (χ4n) is 1.97. The Morgan fingerprint density at radius 3 is 2.62 bits per heavy atom. The van der Waals surface area contributed by atoms with Crippen LogP contribution >= 0.6 is 11.8 Å². The van der Waals surface area contributed by atoms with Gasteiger partial charge in [0.05, 0.1) is 0 Å². The summed E-state index contributed by atoms with van der Waals surface area (Å²) in [7, 11) is 0. The molecule has 21 heavy (non-hydrogen) atoms. The molecule has 0 heterocycles. The van der Waals surface area contributed by atoms with Crippen molar-refractivity contribution in [2.24, 2.45) is 0 Å². The van der Waals surface area contributed by atoms with Gasteiger partial charge in [0, 0.05) is 17.1 Å². The summed E-state index contributed by atoms with van der Waals surface area (Å²) >= 11 is 1.77. The molecule has 0 amide bonds. The number of halogens is 1. The van der Waals surface area contributed by atoms with Gasteiger partial charge in [0.2, 0.25) is 0 Å². The van der Waals surface area contributed by atoms with Crippen molar-refractivity contribution in [3.63, 3.8) is 0 Å². The Morgan fingerprint density at radius 2 is 1.86 bits per heavy atom. The molecule has 0 saturated carbocycles. The number of aryl methyl sites for hydroxylation is 1. The van der Waals surface area contributed by atoms with E-state index in [-0.39, 0.29) is 12.4 Å². The summed E-state index contributed by atoms with van der Waals surface area (Å²) < 4.78 is 13.3. The van der Waals surface area contributed by atoms with Gasteiger partial charge in [0.15, 0.2) is 0 Å². The Labute approximate surface area is 129 Å². The van der Waals surface area contributed by atoms with Gasteiger partial charge in [-0.3, -0.25) is 0 Å². The van der Waals surface area contributed by atoms with Gasteiger partial charge in [-0.1, -0.05) is 42.2 Å². The third kappa shape index (κ3) is 4.63. The highest BCUT2D eigenvalue weighted by molar-refractivity contribution is 7.97. The third-order valence-electron chi connectivity index (χ3n) is 3.15. The van der Waals surface area contributed by atoms with Gasteiger partial charge >= 0.3 is 0 Å². The molecule has 108 valence electrons. The van der Waals surface area contributed by atoms with Crippen molar-refractivity contribution >= 4 is 11.8 Å². The van der Waals surface area contributed by atoms with Crippen molar-refractivity contribution in [1.82, 2.24) is 0 Å². The van der Waals surface area contributed by atoms with Crippen LogP contribution < -0.4 is 0 Å². The second kappa shape index (κ2) is 7.87. The molecule has 0 radical (unpaired) electrons. The van der Waals surface area contributed by atoms with Gasteiger partial charge in [0.1, 0.15) is 12.4 Å². The van der Waals surface area contributed by atoms with E-state index in [2.05, 4.69) is 30.9 Å². The topological polar surface area (TPSA) is 20.2 Å². The minimum absolute atomic E-state index is 0.216. The lowest BCUT2D eigenvalue weighted by Crippen LogP contribution is -1.92. The monoisotopic (exact) mass is 300 g/mol. The first kappa shape index (κ1) is 15.6. The molecule has 1 nitrogen and oxygen atoms in total. The van der Waals surface area contributed by atoms with Gasteiger partial charge < -0.3 is 5.11 Å². The van der Waals surface area contributed by atoms with Gasteiger partial charge in [0.25, 0.3) is 0 Å². The molecule has 2 aromatic carbocycles. The largest absolute Gasteiger partial charge is 0.384 e. The summed E-state index contributed by atoms with van der Waals surface area (Å²) in [5.41, 5.74) is 4.24. The van der Waals surface area contributed by atoms with E-state index < -0.39 is 0 Å². The fraction of sp³-hybridized carbons (Fsp3) is 0.222. The van der Waals surface area contributed by atoms with Crippen LogP contribution in [0.5, 0.6) is 0 Å². The first-order valence-electron chi connectivity index (χ1n) is 6.71. The molecule has 2 aromatic rings. The molecule has 0 spiro atoms. The Balaban J connectivity index is 2.05. The van der Waals surface area contributed by atoms with Crippen LogP contribution in [0.1, 0.15) is 22.3 Å². The van der Waals surface area contributed by atoms with E-state index in [1.807, 2.05) is 12.1 Å². The van der Waals surface area contributed by atoms with Gasteiger partial charge in [-0.2, -0.15) is 11.8 Å². The smallest absolute Gasteiger partial charge is 0.124 e. The highest BCUT2D eigenvalue weighted by atomic mass is 32.2. The maximum atomic E-state index is 13.3. The minimum Gasteiger partial charge on any atom is -0.384 e. The van der Waals surface area contributed by atoms with E-state index in [0.29, 0.717) is 5.56 Å². The van der Waals surface area contributed by atoms with Crippen molar-refractivity contribution in [1.29, 1.82) is 0 Å². The normalized spacial score (nSPS) is 10.0. The van der Waals surface area contributed by atoms with E-state index in [9.17, 15) is 4.39 Å². The number of aliphatic hydroxyl groups excluding tert-OH is 1. The van der Waals surface area contributed by atoms with Crippen molar-refractivity contribution in [2.45, 2.75) is 18.4 Å². The quantitative estimate of drug-likeness (QED) is 0.864. The van der Waals surface area contributed by atoms with E-state index >= 15 is 0 Å². The number of benzene rings is 2. The number of hydrogen-bond donors (Lipinski definition) is 1. The second-order valence-electron chi connectivity index (χ2n) is 4.68. The van der Waals surface area contributed by atoms with Gasteiger partial charge in [-0.05, 0) is 35.7 Å². The van der Waals surface area contributed by atoms with Crippen LogP contribution in [0.3, 0.4) is 0 Å². The molecule has 2 rings (SSSR count). The molecule has 0 unspecified atom stereocenters. The molecular weight excluding hydrogens is 283 g/mol. The molecule has 0 aromatic heterocycles. The first-order valence-corrected chi connectivity index (χ1v) is 7.86. The highest BCUT2D eigenvalue weighted by Crippen LogP contribution is 2.22. The standard InChI is InChI=1S/C18H17FOS/c1-14-5-2-3-6-16(14)12-21-13-17-8-9-18(19)11-15(17)7-4-10-20/h2-3,5-6,8-9,11,20H,10,12-13H2,1H3. The predicted octanol–water partition coefficient (Wildman–Crippen LogP) is 3.91. The molecule has 0 fully saturated rings. The molecule has 0 saturated heterocycles. The van der Waals surface area contributed by atoms with Crippen molar-refractivity contribution in [3.8, 4) is 11.8 Å². The molecular formula is C18H17FOS. The van der Waals surface area contributed by atoms with Crippen LogP contribution in [0.4, 0.5) is 4.39 Å². The van der Waals surface area contributed by atoms with E-state index in [1.165, 1.54) is 23.3 Å². The van der Waals surface area contributed by atoms with Crippen LogP contribution in [0.2, 0.25) is 0 Å². The van der Waals surface area contributed by atoms with Gasteiger partial charge in [-0.15, -0.1) is 0 Å². The Morgan fingerprint density at radius 1 is 1.10 bits per heavy atom. The summed E-state index contributed by atoms with van der Waals surface area (Å²) in [6.45, 7) is 1.89. The summed E-state index contributed by atoms with van der Waals surface area (Å²) in [5, 5.41) is 8.77. The zero-order valence-corrected chi connectivity index (χ0v) is 12.7. The molecule has 1 N–H and O–H groups in total. The van der Waals surface area contributed by atoms with Crippen LogP contribution in [0.15, 0.2) is 42.5 Å². The van der Waals surface area contributed by atoms with Crippen LogP contribution in [0.25, 0.3) is 0 Å². The van der Waals surface area contributed by atoms with Crippen molar-refractivity contribution in [3.05, 3.63) is 70.5 Å².